The van der Waals surface area contributed by atoms with E-state index >= 15 is 0 Å². The van der Waals surface area contributed by atoms with Crippen molar-refractivity contribution in [1.82, 2.24) is 24.8 Å². The van der Waals surface area contributed by atoms with Crippen LogP contribution in [0.25, 0.3) is 5.65 Å². The largest absolute Gasteiger partial charge is 0.416 e. The van der Waals surface area contributed by atoms with Crippen LogP contribution in [0.15, 0.2) is 18.3 Å². The zero-order chi connectivity index (χ0) is 16.4. The summed E-state index contributed by atoms with van der Waals surface area (Å²) in [6.07, 6.45) is -3.19. The molecule has 0 bridgehead atoms. The van der Waals surface area contributed by atoms with Crippen LogP contribution in [0.2, 0.25) is 0 Å². The number of amides is 2. The van der Waals surface area contributed by atoms with Crippen LogP contribution in [0.4, 0.5) is 18.0 Å². The van der Waals surface area contributed by atoms with E-state index < -0.39 is 11.7 Å². The van der Waals surface area contributed by atoms with E-state index in [-0.39, 0.29) is 18.2 Å². The van der Waals surface area contributed by atoms with Crippen molar-refractivity contribution in [1.29, 1.82) is 0 Å². The molecule has 2 aromatic heterocycles. The molecule has 1 fully saturated rings. The zero-order valence-corrected chi connectivity index (χ0v) is 12.0. The Morgan fingerprint density at radius 3 is 2.74 bits per heavy atom. The van der Waals surface area contributed by atoms with Gasteiger partial charge >= 0.3 is 12.2 Å². The number of nitrogens with one attached hydrogen (secondary N) is 1. The Bertz CT molecular complexity index is 709. The number of nitrogens with zero attached hydrogens (tertiary/aromatic N) is 4. The second-order valence-corrected chi connectivity index (χ2v) is 5.02. The quantitative estimate of drug-likeness (QED) is 0.901. The Labute approximate surface area is 129 Å². The average Bonchev–Trinajstić information content (AvgIpc) is 2.95. The molecule has 0 aliphatic carbocycles. The van der Waals surface area contributed by atoms with Crippen molar-refractivity contribution in [2.75, 3.05) is 26.3 Å². The third-order valence-corrected chi connectivity index (χ3v) is 3.50. The molecule has 1 aliphatic rings. The number of aromatic nitrogens is 3. The molecule has 3 heterocycles. The summed E-state index contributed by atoms with van der Waals surface area (Å²) in [7, 11) is 0. The maximum absolute atomic E-state index is 12.7. The third-order valence-electron chi connectivity index (χ3n) is 3.50. The van der Waals surface area contributed by atoms with Crippen molar-refractivity contribution >= 4 is 11.7 Å². The number of fused-ring (bicyclic) bond motifs is 1. The normalized spacial score (nSPS) is 15.9. The first-order chi connectivity index (χ1) is 10.9. The molecule has 2 aromatic rings. The van der Waals surface area contributed by atoms with Gasteiger partial charge in [0.05, 0.1) is 25.3 Å². The summed E-state index contributed by atoms with van der Waals surface area (Å²) in [5, 5.41) is 10.2. The Kier molecular flexibility index (Phi) is 4.07. The van der Waals surface area contributed by atoms with Gasteiger partial charge in [-0.2, -0.15) is 13.2 Å². The number of hydrogen-bond acceptors (Lipinski definition) is 4. The minimum Gasteiger partial charge on any atom is -0.378 e. The molecule has 1 aliphatic heterocycles. The lowest BCUT2D eigenvalue weighted by molar-refractivity contribution is -0.137. The van der Waals surface area contributed by atoms with Gasteiger partial charge in [0, 0.05) is 19.3 Å². The van der Waals surface area contributed by atoms with E-state index in [4.69, 9.17) is 4.74 Å². The number of urea groups is 1. The van der Waals surface area contributed by atoms with Crippen molar-refractivity contribution in [3.05, 3.63) is 29.7 Å². The third kappa shape index (κ3) is 3.36. The highest BCUT2D eigenvalue weighted by atomic mass is 19.4. The maximum Gasteiger partial charge on any atom is 0.416 e. The molecule has 0 spiro atoms. The van der Waals surface area contributed by atoms with E-state index in [1.54, 1.807) is 4.90 Å². The second kappa shape index (κ2) is 6.03. The van der Waals surface area contributed by atoms with E-state index in [9.17, 15) is 18.0 Å². The zero-order valence-electron chi connectivity index (χ0n) is 12.0. The maximum atomic E-state index is 12.7. The average molecular weight is 329 g/mol. The number of rotatable bonds is 2. The highest BCUT2D eigenvalue weighted by Gasteiger charge is 2.31. The monoisotopic (exact) mass is 329 g/mol. The van der Waals surface area contributed by atoms with Crippen LogP contribution in [-0.4, -0.2) is 51.8 Å². The summed E-state index contributed by atoms with van der Waals surface area (Å²) >= 11 is 0. The molecule has 0 radical (unpaired) electrons. The van der Waals surface area contributed by atoms with Crippen molar-refractivity contribution in [3.63, 3.8) is 0 Å². The molecule has 10 heteroatoms. The number of alkyl halides is 3. The SMILES string of the molecule is O=C(NCc1nnc2cc(C(F)(F)F)ccn12)N1CCOCC1. The van der Waals surface area contributed by atoms with Gasteiger partial charge in [-0.1, -0.05) is 0 Å². The van der Waals surface area contributed by atoms with Crippen LogP contribution in [0, 0.1) is 0 Å². The Morgan fingerprint density at radius 1 is 1.30 bits per heavy atom. The molecule has 7 nitrogen and oxygen atoms in total. The van der Waals surface area contributed by atoms with Crippen LogP contribution in [0.1, 0.15) is 11.4 Å². The summed E-state index contributed by atoms with van der Waals surface area (Å²) in [6.45, 7) is 2.05. The number of halogens is 3. The first-order valence-electron chi connectivity index (χ1n) is 6.96. The predicted octanol–water partition coefficient (Wildman–Crippen LogP) is 1.29. The fourth-order valence-electron chi connectivity index (χ4n) is 2.27. The van der Waals surface area contributed by atoms with Gasteiger partial charge in [-0.3, -0.25) is 4.40 Å². The summed E-state index contributed by atoms with van der Waals surface area (Å²) < 4.78 is 44.5. The molecule has 0 unspecified atom stereocenters. The van der Waals surface area contributed by atoms with Crippen molar-refractivity contribution < 1.29 is 22.7 Å². The van der Waals surface area contributed by atoms with Gasteiger partial charge in [0.1, 0.15) is 0 Å². The lowest BCUT2D eigenvalue weighted by Crippen LogP contribution is -2.46. The van der Waals surface area contributed by atoms with E-state index in [1.807, 2.05) is 0 Å². The number of carbonyl (C=O) groups excluding carboxylic acids is 1. The standard InChI is InChI=1S/C13H14F3N5O2/c14-13(15,16)9-1-2-21-10(7-9)18-19-11(21)8-17-12(22)20-3-5-23-6-4-20/h1-2,7H,3-6,8H2,(H,17,22). The molecule has 0 saturated carbocycles. The minimum atomic E-state index is -4.43. The topological polar surface area (TPSA) is 71.8 Å². The van der Waals surface area contributed by atoms with Gasteiger partial charge in [0.2, 0.25) is 0 Å². The summed E-state index contributed by atoms with van der Waals surface area (Å²) in [4.78, 5) is 13.6. The number of carbonyl (C=O) groups is 1. The Hall–Kier alpha value is -2.36. The number of morpholine rings is 1. The van der Waals surface area contributed by atoms with Crippen molar-refractivity contribution in [2.24, 2.45) is 0 Å². The number of hydrogen-bond donors (Lipinski definition) is 1. The van der Waals surface area contributed by atoms with Crippen molar-refractivity contribution in [2.45, 2.75) is 12.7 Å². The van der Waals surface area contributed by atoms with Crippen LogP contribution < -0.4 is 5.32 Å². The van der Waals surface area contributed by atoms with E-state index in [0.29, 0.717) is 32.1 Å². The van der Waals surface area contributed by atoms with Gasteiger partial charge in [-0.15, -0.1) is 10.2 Å². The lowest BCUT2D eigenvalue weighted by atomic mass is 10.2. The van der Waals surface area contributed by atoms with Crippen LogP contribution >= 0.6 is 0 Å². The predicted molar refractivity (Wildman–Crippen MR) is 72.6 cm³/mol. The molecule has 0 atom stereocenters. The molecule has 124 valence electrons. The smallest absolute Gasteiger partial charge is 0.378 e. The summed E-state index contributed by atoms with van der Waals surface area (Å²) in [5.74, 6) is 0.357. The minimum absolute atomic E-state index is 0.0721. The van der Waals surface area contributed by atoms with E-state index in [1.165, 1.54) is 10.6 Å². The van der Waals surface area contributed by atoms with Gasteiger partial charge in [-0.25, -0.2) is 4.79 Å². The van der Waals surface area contributed by atoms with Gasteiger partial charge in [0.25, 0.3) is 0 Å². The fourth-order valence-corrected chi connectivity index (χ4v) is 2.27. The lowest BCUT2D eigenvalue weighted by Gasteiger charge is -2.26. The van der Waals surface area contributed by atoms with E-state index in [0.717, 1.165) is 12.1 Å². The van der Waals surface area contributed by atoms with Crippen LogP contribution in [-0.2, 0) is 17.5 Å². The molecule has 1 saturated heterocycles. The number of pyridine rings is 1. The molecule has 23 heavy (non-hydrogen) atoms. The first kappa shape index (κ1) is 15.5. The van der Waals surface area contributed by atoms with Crippen molar-refractivity contribution in [3.8, 4) is 0 Å². The van der Waals surface area contributed by atoms with Crippen LogP contribution in [0.5, 0.6) is 0 Å². The molecule has 0 aromatic carbocycles. The van der Waals surface area contributed by atoms with E-state index in [2.05, 4.69) is 15.5 Å². The van der Waals surface area contributed by atoms with Crippen LogP contribution in [0.3, 0.4) is 0 Å². The molecule has 1 N–H and O–H groups in total. The molecule has 2 amide bonds. The fraction of sp³-hybridized carbons (Fsp3) is 0.462. The van der Waals surface area contributed by atoms with Gasteiger partial charge in [0.15, 0.2) is 11.5 Å². The highest BCUT2D eigenvalue weighted by Crippen LogP contribution is 2.29. The summed E-state index contributed by atoms with van der Waals surface area (Å²) in [6, 6.07) is 1.60. The molecule has 3 rings (SSSR count). The van der Waals surface area contributed by atoms with Gasteiger partial charge in [-0.05, 0) is 12.1 Å². The highest BCUT2D eigenvalue weighted by molar-refractivity contribution is 5.74. The number of ether oxygens (including phenoxy) is 1. The van der Waals surface area contributed by atoms with Gasteiger partial charge < -0.3 is 15.0 Å². The summed E-state index contributed by atoms with van der Waals surface area (Å²) in [5.41, 5.74) is -0.711. The first-order valence-corrected chi connectivity index (χ1v) is 6.96. The molecular formula is C13H14F3N5O2. The Balaban J connectivity index is 1.70. The Morgan fingerprint density at radius 2 is 2.04 bits per heavy atom. The molecular weight excluding hydrogens is 315 g/mol. The second-order valence-electron chi connectivity index (χ2n) is 5.02.